The van der Waals surface area contributed by atoms with Crippen LogP contribution in [0.15, 0.2) is 18.5 Å². The molecule has 0 saturated carbocycles. The molecule has 0 aromatic carbocycles. The van der Waals surface area contributed by atoms with Crippen LogP contribution in [0.3, 0.4) is 0 Å². The molecule has 0 radical (unpaired) electrons. The number of sulfonamides is 1. The fourth-order valence-corrected chi connectivity index (χ4v) is 4.44. The third-order valence-electron chi connectivity index (χ3n) is 4.39. The lowest BCUT2D eigenvalue weighted by Crippen LogP contribution is -2.43. The van der Waals surface area contributed by atoms with Crippen molar-refractivity contribution in [2.75, 3.05) is 24.7 Å². The SMILES string of the molecule is Cc1ccc2ncnc(NCCC3CCCCN3S(C)(=O)=O)c2n1. The molecule has 7 nitrogen and oxygen atoms in total. The van der Waals surface area contributed by atoms with Gasteiger partial charge in [-0.05, 0) is 38.3 Å². The van der Waals surface area contributed by atoms with Crippen molar-refractivity contribution >= 4 is 26.9 Å². The van der Waals surface area contributed by atoms with Crippen LogP contribution in [0.5, 0.6) is 0 Å². The highest BCUT2D eigenvalue weighted by Crippen LogP contribution is 2.23. The highest BCUT2D eigenvalue weighted by Gasteiger charge is 2.28. The van der Waals surface area contributed by atoms with E-state index in [0.717, 1.165) is 42.4 Å². The molecule has 0 aliphatic carbocycles. The summed E-state index contributed by atoms with van der Waals surface area (Å²) >= 11 is 0. The second-order valence-electron chi connectivity index (χ2n) is 6.28. The van der Waals surface area contributed by atoms with Gasteiger partial charge in [-0.1, -0.05) is 6.42 Å². The minimum Gasteiger partial charge on any atom is -0.368 e. The molecule has 1 fully saturated rings. The van der Waals surface area contributed by atoms with Gasteiger partial charge >= 0.3 is 0 Å². The maximum atomic E-state index is 11.9. The molecule has 3 heterocycles. The molecule has 2 aromatic rings. The molecule has 2 aromatic heterocycles. The Bertz CT molecular complexity index is 824. The van der Waals surface area contributed by atoms with E-state index in [2.05, 4.69) is 20.3 Å². The van der Waals surface area contributed by atoms with E-state index in [9.17, 15) is 8.42 Å². The fourth-order valence-electron chi connectivity index (χ4n) is 3.22. The van der Waals surface area contributed by atoms with Gasteiger partial charge in [-0.15, -0.1) is 0 Å². The number of aryl methyl sites for hydroxylation is 1. The van der Waals surface area contributed by atoms with Gasteiger partial charge in [0.1, 0.15) is 11.8 Å². The minimum atomic E-state index is -3.14. The lowest BCUT2D eigenvalue weighted by Gasteiger charge is -2.33. The third-order valence-corrected chi connectivity index (χ3v) is 5.72. The first-order valence-electron chi connectivity index (χ1n) is 8.24. The zero-order valence-electron chi connectivity index (χ0n) is 14.1. The Labute approximate surface area is 142 Å². The number of fused-ring (bicyclic) bond motifs is 1. The highest BCUT2D eigenvalue weighted by atomic mass is 32.2. The normalized spacial score (nSPS) is 19.5. The van der Waals surface area contributed by atoms with Crippen LogP contribution in [0.2, 0.25) is 0 Å². The van der Waals surface area contributed by atoms with E-state index >= 15 is 0 Å². The Morgan fingerprint density at radius 1 is 1.29 bits per heavy atom. The Kier molecular flexibility index (Phi) is 4.96. The van der Waals surface area contributed by atoms with E-state index in [1.165, 1.54) is 12.6 Å². The summed E-state index contributed by atoms with van der Waals surface area (Å²) in [4.78, 5) is 13.0. The Hall–Kier alpha value is -1.80. The van der Waals surface area contributed by atoms with Crippen molar-refractivity contribution in [1.82, 2.24) is 19.3 Å². The number of hydrogen-bond acceptors (Lipinski definition) is 6. The number of hydrogen-bond donors (Lipinski definition) is 1. The van der Waals surface area contributed by atoms with Crippen molar-refractivity contribution in [1.29, 1.82) is 0 Å². The molecule has 1 unspecified atom stereocenters. The van der Waals surface area contributed by atoms with Crippen LogP contribution in [0.25, 0.3) is 11.0 Å². The zero-order chi connectivity index (χ0) is 17.2. The van der Waals surface area contributed by atoms with Crippen LogP contribution in [-0.2, 0) is 10.0 Å². The number of pyridine rings is 1. The molecule has 1 N–H and O–H groups in total. The summed E-state index contributed by atoms with van der Waals surface area (Å²) in [6.07, 6.45) is 6.50. The number of nitrogens with zero attached hydrogens (tertiary/aromatic N) is 4. The first kappa shape index (κ1) is 17.0. The Balaban J connectivity index is 1.69. The monoisotopic (exact) mass is 349 g/mol. The second kappa shape index (κ2) is 6.98. The van der Waals surface area contributed by atoms with Crippen molar-refractivity contribution in [3.8, 4) is 0 Å². The van der Waals surface area contributed by atoms with E-state index < -0.39 is 10.0 Å². The van der Waals surface area contributed by atoms with E-state index in [-0.39, 0.29) is 6.04 Å². The quantitative estimate of drug-likeness (QED) is 0.887. The lowest BCUT2D eigenvalue weighted by atomic mass is 10.0. The predicted octanol–water partition coefficient (Wildman–Crippen LogP) is 1.95. The summed E-state index contributed by atoms with van der Waals surface area (Å²) in [5, 5.41) is 3.30. The smallest absolute Gasteiger partial charge is 0.211 e. The molecule has 130 valence electrons. The van der Waals surface area contributed by atoms with Crippen LogP contribution >= 0.6 is 0 Å². The molecule has 0 bridgehead atoms. The van der Waals surface area contributed by atoms with Gasteiger partial charge in [0.05, 0.1) is 11.8 Å². The number of piperidine rings is 1. The van der Waals surface area contributed by atoms with Gasteiger partial charge in [-0.25, -0.2) is 23.4 Å². The Morgan fingerprint density at radius 3 is 2.92 bits per heavy atom. The molecule has 24 heavy (non-hydrogen) atoms. The van der Waals surface area contributed by atoms with Crippen LogP contribution in [0.4, 0.5) is 5.82 Å². The summed E-state index contributed by atoms with van der Waals surface area (Å²) in [6, 6.07) is 3.91. The Morgan fingerprint density at radius 2 is 2.12 bits per heavy atom. The first-order valence-corrected chi connectivity index (χ1v) is 10.1. The van der Waals surface area contributed by atoms with Crippen LogP contribution in [-0.4, -0.2) is 53.1 Å². The summed E-state index contributed by atoms with van der Waals surface area (Å²) in [6.45, 7) is 3.21. The van der Waals surface area contributed by atoms with Gasteiger partial charge in [0.25, 0.3) is 0 Å². The summed E-state index contributed by atoms with van der Waals surface area (Å²) in [5.74, 6) is 0.699. The maximum absolute atomic E-state index is 11.9. The standard InChI is InChI=1S/C16H23N5O2S/c1-12-6-7-14-15(20-12)16(19-11-18-14)17-9-8-13-5-3-4-10-21(13)24(2,22)23/h6-7,11,13H,3-5,8-10H2,1-2H3,(H,17,18,19). The second-order valence-corrected chi connectivity index (χ2v) is 8.22. The summed E-state index contributed by atoms with van der Waals surface area (Å²) < 4.78 is 25.5. The van der Waals surface area contributed by atoms with Gasteiger partial charge in [-0.3, -0.25) is 0 Å². The van der Waals surface area contributed by atoms with Crippen molar-refractivity contribution in [3.63, 3.8) is 0 Å². The molecule has 8 heteroatoms. The van der Waals surface area contributed by atoms with Crippen LogP contribution in [0.1, 0.15) is 31.4 Å². The van der Waals surface area contributed by atoms with E-state index in [0.29, 0.717) is 18.9 Å². The molecule has 1 saturated heterocycles. The van der Waals surface area contributed by atoms with E-state index in [1.807, 2.05) is 19.1 Å². The number of aromatic nitrogens is 3. The van der Waals surface area contributed by atoms with Crippen LogP contribution in [0, 0.1) is 6.92 Å². The van der Waals surface area contributed by atoms with E-state index in [4.69, 9.17) is 0 Å². The average Bonchev–Trinajstić information content (AvgIpc) is 2.55. The maximum Gasteiger partial charge on any atom is 0.211 e. The topological polar surface area (TPSA) is 88.1 Å². The lowest BCUT2D eigenvalue weighted by molar-refractivity contribution is 0.246. The highest BCUT2D eigenvalue weighted by molar-refractivity contribution is 7.88. The van der Waals surface area contributed by atoms with Crippen molar-refractivity contribution in [2.45, 2.75) is 38.6 Å². The largest absolute Gasteiger partial charge is 0.368 e. The number of anilines is 1. The average molecular weight is 349 g/mol. The van der Waals surface area contributed by atoms with Gasteiger partial charge in [0.2, 0.25) is 10.0 Å². The molecule has 0 amide bonds. The van der Waals surface area contributed by atoms with E-state index in [1.54, 1.807) is 4.31 Å². The fraction of sp³-hybridized carbons (Fsp3) is 0.562. The predicted molar refractivity (Wildman–Crippen MR) is 94.4 cm³/mol. The molecule has 1 aliphatic rings. The van der Waals surface area contributed by atoms with Gasteiger partial charge in [0, 0.05) is 24.8 Å². The molecule has 3 rings (SSSR count). The number of rotatable bonds is 5. The summed E-state index contributed by atoms with van der Waals surface area (Å²) in [7, 11) is -3.14. The molecular formula is C16H23N5O2S. The first-order chi connectivity index (χ1) is 11.4. The number of nitrogens with one attached hydrogen (secondary N) is 1. The van der Waals surface area contributed by atoms with Crippen LogP contribution < -0.4 is 5.32 Å². The van der Waals surface area contributed by atoms with Crippen molar-refractivity contribution in [3.05, 3.63) is 24.2 Å². The minimum absolute atomic E-state index is 0.0593. The molecular weight excluding hydrogens is 326 g/mol. The zero-order valence-corrected chi connectivity index (χ0v) is 14.9. The van der Waals surface area contributed by atoms with Crippen molar-refractivity contribution in [2.24, 2.45) is 0 Å². The molecule has 1 atom stereocenters. The van der Waals surface area contributed by atoms with Gasteiger partial charge in [-0.2, -0.15) is 4.31 Å². The van der Waals surface area contributed by atoms with Gasteiger partial charge in [0.15, 0.2) is 5.82 Å². The van der Waals surface area contributed by atoms with Gasteiger partial charge < -0.3 is 5.32 Å². The molecule has 1 aliphatic heterocycles. The third kappa shape index (κ3) is 3.81. The van der Waals surface area contributed by atoms with Crippen molar-refractivity contribution < 1.29 is 8.42 Å². The summed E-state index contributed by atoms with van der Waals surface area (Å²) in [5.41, 5.74) is 2.46. The molecule has 0 spiro atoms.